The zero-order valence-corrected chi connectivity index (χ0v) is 9.02. The van der Waals surface area contributed by atoms with Crippen molar-refractivity contribution in [1.29, 1.82) is 0 Å². The number of nitrogen functional groups attached to an aromatic ring is 1. The summed E-state index contributed by atoms with van der Waals surface area (Å²) >= 11 is 0. The van der Waals surface area contributed by atoms with Crippen LogP contribution < -0.4 is 10.6 Å². The van der Waals surface area contributed by atoms with Crippen LogP contribution in [0.15, 0.2) is 18.3 Å². The number of rotatable bonds is 2. The van der Waals surface area contributed by atoms with E-state index in [2.05, 4.69) is 9.88 Å². The Bertz CT molecular complexity index is 329. The van der Waals surface area contributed by atoms with Crippen molar-refractivity contribution in [3.8, 4) is 0 Å². The molecule has 1 aromatic rings. The molecule has 4 heteroatoms. The number of piperidine rings is 1. The number of anilines is 2. The van der Waals surface area contributed by atoms with Crippen LogP contribution in [0.25, 0.3) is 0 Å². The molecule has 15 heavy (non-hydrogen) atoms. The third kappa shape index (κ3) is 2.21. The van der Waals surface area contributed by atoms with Gasteiger partial charge in [0.05, 0.1) is 11.8 Å². The molecule has 1 fully saturated rings. The molecule has 0 spiro atoms. The predicted octanol–water partition coefficient (Wildman–Crippen LogP) is 1.28. The third-order valence-corrected chi connectivity index (χ3v) is 2.83. The molecule has 1 atom stereocenters. The maximum Gasteiger partial charge on any atom is 0.151 e. The number of methoxy groups -OCH3 is 1. The van der Waals surface area contributed by atoms with Crippen LogP contribution in [0, 0.1) is 0 Å². The maximum atomic E-state index is 5.89. The number of pyridine rings is 1. The first-order valence-corrected chi connectivity index (χ1v) is 5.29. The number of ether oxygens (including phenoxy) is 1. The summed E-state index contributed by atoms with van der Waals surface area (Å²) in [6.45, 7) is 1.90. The molecule has 1 aliphatic heterocycles. The first-order chi connectivity index (χ1) is 7.31. The lowest BCUT2D eigenvalue weighted by Crippen LogP contribution is -2.40. The largest absolute Gasteiger partial charge is 0.396 e. The lowest BCUT2D eigenvalue weighted by Gasteiger charge is -2.33. The van der Waals surface area contributed by atoms with E-state index in [9.17, 15) is 0 Å². The Balaban J connectivity index is 2.13. The molecular weight excluding hydrogens is 190 g/mol. The monoisotopic (exact) mass is 207 g/mol. The zero-order chi connectivity index (χ0) is 10.7. The first kappa shape index (κ1) is 10.2. The van der Waals surface area contributed by atoms with E-state index in [1.54, 1.807) is 13.3 Å². The number of nitrogens with two attached hydrogens (primary N) is 1. The van der Waals surface area contributed by atoms with Crippen LogP contribution in [0.2, 0.25) is 0 Å². The molecule has 0 saturated carbocycles. The lowest BCUT2D eigenvalue weighted by atomic mass is 10.1. The lowest BCUT2D eigenvalue weighted by molar-refractivity contribution is 0.0892. The SMILES string of the molecule is CO[C@H]1CCCN(c2ncccc2N)C1. The summed E-state index contributed by atoms with van der Waals surface area (Å²) < 4.78 is 5.37. The van der Waals surface area contributed by atoms with Crippen molar-refractivity contribution in [2.24, 2.45) is 0 Å². The molecule has 0 aromatic carbocycles. The highest BCUT2D eigenvalue weighted by molar-refractivity contribution is 5.62. The van der Waals surface area contributed by atoms with E-state index in [0.29, 0.717) is 6.10 Å². The minimum atomic E-state index is 0.306. The number of hydrogen-bond donors (Lipinski definition) is 1. The summed E-state index contributed by atoms with van der Waals surface area (Å²) in [7, 11) is 1.76. The van der Waals surface area contributed by atoms with Gasteiger partial charge in [0.15, 0.2) is 5.82 Å². The second-order valence-corrected chi connectivity index (χ2v) is 3.86. The molecule has 0 aliphatic carbocycles. The summed E-state index contributed by atoms with van der Waals surface area (Å²) in [6.07, 6.45) is 4.34. The fourth-order valence-electron chi connectivity index (χ4n) is 2.00. The molecule has 1 aliphatic rings. The third-order valence-electron chi connectivity index (χ3n) is 2.83. The van der Waals surface area contributed by atoms with Gasteiger partial charge in [-0.15, -0.1) is 0 Å². The van der Waals surface area contributed by atoms with Gasteiger partial charge < -0.3 is 15.4 Å². The molecule has 1 saturated heterocycles. The van der Waals surface area contributed by atoms with Crippen molar-refractivity contribution < 1.29 is 4.74 Å². The van der Waals surface area contributed by atoms with Crippen molar-refractivity contribution in [3.63, 3.8) is 0 Å². The van der Waals surface area contributed by atoms with Crippen LogP contribution in [0.5, 0.6) is 0 Å². The van der Waals surface area contributed by atoms with Crippen LogP contribution in [0.1, 0.15) is 12.8 Å². The molecular formula is C11H17N3O. The van der Waals surface area contributed by atoms with Crippen LogP contribution >= 0.6 is 0 Å². The topological polar surface area (TPSA) is 51.4 Å². The average Bonchev–Trinajstić information content (AvgIpc) is 2.30. The second-order valence-electron chi connectivity index (χ2n) is 3.86. The Labute approximate surface area is 90.0 Å². The van der Waals surface area contributed by atoms with Crippen LogP contribution in [0.3, 0.4) is 0 Å². The molecule has 0 unspecified atom stereocenters. The number of aromatic nitrogens is 1. The van der Waals surface area contributed by atoms with Crippen molar-refractivity contribution in [2.75, 3.05) is 30.8 Å². The summed E-state index contributed by atoms with van der Waals surface area (Å²) in [5, 5.41) is 0. The van der Waals surface area contributed by atoms with E-state index in [-0.39, 0.29) is 0 Å². The van der Waals surface area contributed by atoms with Gasteiger partial charge in [-0.1, -0.05) is 0 Å². The van der Waals surface area contributed by atoms with Crippen molar-refractivity contribution in [3.05, 3.63) is 18.3 Å². The number of hydrogen-bond acceptors (Lipinski definition) is 4. The summed E-state index contributed by atoms with van der Waals surface area (Å²) in [4.78, 5) is 6.52. The minimum Gasteiger partial charge on any atom is -0.396 e. The fourth-order valence-corrected chi connectivity index (χ4v) is 2.00. The van der Waals surface area contributed by atoms with Gasteiger partial charge in [-0.05, 0) is 25.0 Å². The molecule has 2 rings (SSSR count). The van der Waals surface area contributed by atoms with Gasteiger partial charge in [-0.3, -0.25) is 0 Å². The van der Waals surface area contributed by atoms with Gasteiger partial charge in [-0.25, -0.2) is 4.98 Å². The van der Waals surface area contributed by atoms with E-state index in [1.165, 1.54) is 0 Å². The minimum absolute atomic E-state index is 0.306. The molecule has 4 nitrogen and oxygen atoms in total. The highest BCUT2D eigenvalue weighted by Crippen LogP contribution is 2.23. The molecule has 1 aromatic heterocycles. The van der Waals surface area contributed by atoms with Gasteiger partial charge in [0.2, 0.25) is 0 Å². The molecule has 2 N–H and O–H groups in total. The molecule has 0 radical (unpaired) electrons. The highest BCUT2D eigenvalue weighted by Gasteiger charge is 2.21. The van der Waals surface area contributed by atoms with Crippen LogP contribution in [-0.2, 0) is 4.74 Å². The van der Waals surface area contributed by atoms with E-state index in [4.69, 9.17) is 10.5 Å². The summed E-state index contributed by atoms with van der Waals surface area (Å²) in [6, 6.07) is 3.75. The normalized spacial score (nSPS) is 21.7. The number of nitrogens with zero attached hydrogens (tertiary/aromatic N) is 2. The Kier molecular flexibility index (Phi) is 3.06. The second kappa shape index (κ2) is 4.49. The molecule has 0 bridgehead atoms. The van der Waals surface area contributed by atoms with Crippen molar-refractivity contribution in [1.82, 2.24) is 4.98 Å². The summed E-state index contributed by atoms with van der Waals surface area (Å²) in [5.41, 5.74) is 6.64. The molecule has 2 heterocycles. The van der Waals surface area contributed by atoms with E-state index in [1.807, 2.05) is 12.1 Å². The Morgan fingerprint density at radius 3 is 3.20 bits per heavy atom. The van der Waals surface area contributed by atoms with Crippen molar-refractivity contribution >= 4 is 11.5 Å². The standard InChI is InChI=1S/C11H17N3O/c1-15-9-4-3-7-14(8-9)11-10(12)5-2-6-13-11/h2,5-6,9H,3-4,7-8,12H2,1H3/t9-/m0/s1. The Morgan fingerprint density at radius 2 is 2.47 bits per heavy atom. The Hall–Kier alpha value is -1.29. The fraction of sp³-hybridized carbons (Fsp3) is 0.545. The smallest absolute Gasteiger partial charge is 0.151 e. The zero-order valence-electron chi connectivity index (χ0n) is 9.02. The highest BCUT2D eigenvalue weighted by atomic mass is 16.5. The van der Waals surface area contributed by atoms with Gasteiger partial charge in [0, 0.05) is 26.4 Å². The van der Waals surface area contributed by atoms with Crippen LogP contribution in [-0.4, -0.2) is 31.3 Å². The van der Waals surface area contributed by atoms with Gasteiger partial charge in [-0.2, -0.15) is 0 Å². The summed E-state index contributed by atoms with van der Waals surface area (Å²) in [5.74, 6) is 0.888. The maximum absolute atomic E-state index is 5.89. The molecule has 0 amide bonds. The van der Waals surface area contributed by atoms with Crippen LogP contribution in [0.4, 0.5) is 11.5 Å². The van der Waals surface area contributed by atoms with Gasteiger partial charge >= 0.3 is 0 Å². The van der Waals surface area contributed by atoms with Crippen molar-refractivity contribution in [2.45, 2.75) is 18.9 Å². The Morgan fingerprint density at radius 1 is 1.60 bits per heavy atom. The van der Waals surface area contributed by atoms with E-state index in [0.717, 1.165) is 37.4 Å². The average molecular weight is 207 g/mol. The molecule has 82 valence electrons. The van der Waals surface area contributed by atoms with Gasteiger partial charge in [0.25, 0.3) is 0 Å². The van der Waals surface area contributed by atoms with Gasteiger partial charge in [0.1, 0.15) is 0 Å². The van der Waals surface area contributed by atoms with E-state index < -0.39 is 0 Å². The predicted molar refractivity (Wildman–Crippen MR) is 60.9 cm³/mol. The van der Waals surface area contributed by atoms with E-state index >= 15 is 0 Å². The first-order valence-electron chi connectivity index (χ1n) is 5.29. The quantitative estimate of drug-likeness (QED) is 0.793.